The maximum absolute atomic E-state index is 12.5. The molecule has 0 saturated heterocycles. The van der Waals surface area contributed by atoms with Gasteiger partial charge < -0.3 is 0 Å². The molecule has 0 spiro atoms. The van der Waals surface area contributed by atoms with E-state index in [1.54, 1.807) is 30.3 Å². The van der Waals surface area contributed by atoms with Crippen molar-refractivity contribution in [3.63, 3.8) is 0 Å². The molecule has 0 fully saturated rings. The highest BCUT2D eigenvalue weighted by Gasteiger charge is 2.20. The highest BCUT2D eigenvalue weighted by atomic mass is 32.2. The largest absolute Gasteiger partial charge is 0.271 e. The van der Waals surface area contributed by atoms with Crippen LogP contribution in [0.4, 0.5) is 0 Å². The average Bonchev–Trinajstić information content (AvgIpc) is 2.53. The van der Waals surface area contributed by atoms with Crippen LogP contribution in [0.5, 0.6) is 0 Å². The standard InChI is InChI=1S/C17H15NO2S/c1-2-14-18(15-13-16-9-5-3-6-10-16)21(19,20)17-11-7-4-8-12-17/h2-12H,1,14H2. The van der Waals surface area contributed by atoms with Crippen molar-refractivity contribution in [3.05, 3.63) is 78.9 Å². The van der Waals surface area contributed by atoms with E-state index in [0.29, 0.717) is 0 Å². The number of sulfonamides is 1. The van der Waals surface area contributed by atoms with Gasteiger partial charge in [0.15, 0.2) is 0 Å². The highest BCUT2D eigenvalue weighted by molar-refractivity contribution is 7.89. The van der Waals surface area contributed by atoms with Gasteiger partial charge in [-0.3, -0.25) is 0 Å². The smallest absolute Gasteiger partial charge is 0.220 e. The molecule has 0 radical (unpaired) electrons. The maximum atomic E-state index is 12.5. The van der Waals surface area contributed by atoms with Gasteiger partial charge in [-0.25, -0.2) is 12.7 Å². The van der Waals surface area contributed by atoms with E-state index < -0.39 is 10.0 Å². The van der Waals surface area contributed by atoms with E-state index in [4.69, 9.17) is 0 Å². The minimum absolute atomic E-state index is 0.136. The van der Waals surface area contributed by atoms with Gasteiger partial charge >= 0.3 is 0 Å². The van der Waals surface area contributed by atoms with E-state index in [1.165, 1.54) is 6.08 Å². The zero-order valence-electron chi connectivity index (χ0n) is 11.4. The van der Waals surface area contributed by atoms with Crippen LogP contribution in [0.2, 0.25) is 0 Å². The van der Waals surface area contributed by atoms with Gasteiger partial charge in [-0.2, -0.15) is 0 Å². The topological polar surface area (TPSA) is 37.4 Å². The number of hydrogen-bond donors (Lipinski definition) is 0. The molecule has 0 N–H and O–H groups in total. The summed E-state index contributed by atoms with van der Waals surface area (Å²) in [5, 5.41) is 0. The van der Waals surface area contributed by atoms with Crippen LogP contribution in [0.15, 0.2) is 78.2 Å². The van der Waals surface area contributed by atoms with Crippen LogP contribution < -0.4 is 0 Å². The molecular weight excluding hydrogens is 282 g/mol. The van der Waals surface area contributed by atoms with Crippen LogP contribution in [0.3, 0.4) is 0 Å². The Labute approximate surface area is 125 Å². The van der Waals surface area contributed by atoms with Gasteiger partial charge in [0.1, 0.15) is 0 Å². The van der Waals surface area contributed by atoms with Crippen LogP contribution >= 0.6 is 0 Å². The second-order valence-corrected chi connectivity index (χ2v) is 6.10. The predicted molar refractivity (Wildman–Crippen MR) is 83.9 cm³/mol. The Morgan fingerprint density at radius 2 is 1.57 bits per heavy atom. The lowest BCUT2D eigenvalue weighted by molar-refractivity contribution is 0.533. The molecule has 0 heterocycles. The Morgan fingerprint density at radius 1 is 1.00 bits per heavy atom. The van der Waals surface area contributed by atoms with Crippen LogP contribution in [0.1, 0.15) is 5.56 Å². The summed E-state index contributed by atoms with van der Waals surface area (Å²) in [6, 6.07) is 20.2. The number of benzene rings is 2. The molecule has 106 valence electrons. The lowest BCUT2D eigenvalue weighted by Crippen LogP contribution is -2.26. The molecule has 0 bridgehead atoms. The highest BCUT2D eigenvalue weighted by Crippen LogP contribution is 2.14. The average molecular weight is 297 g/mol. The number of nitrogens with zero attached hydrogens (tertiary/aromatic N) is 1. The molecular formula is C17H15NO2S. The summed E-state index contributed by atoms with van der Waals surface area (Å²) < 4.78 is 26.1. The first-order valence-electron chi connectivity index (χ1n) is 6.40. The molecule has 2 aromatic rings. The van der Waals surface area contributed by atoms with Gasteiger partial charge in [0.25, 0.3) is 10.0 Å². The first kappa shape index (κ1) is 14.9. The minimum Gasteiger partial charge on any atom is -0.220 e. The van der Waals surface area contributed by atoms with Crippen molar-refractivity contribution in [2.75, 3.05) is 6.54 Å². The van der Waals surface area contributed by atoms with E-state index in [9.17, 15) is 8.42 Å². The lowest BCUT2D eigenvalue weighted by atomic mass is 10.2. The molecule has 0 aromatic heterocycles. The van der Waals surface area contributed by atoms with Crippen molar-refractivity contribution in [1.82, 2.24) is 4.31 Å². The zero-order chi connectivity index (χ0) is 15.1. The fourth-order valence-corrected chi connectivity index (χ4v) is 2.91. The van der Waals surface area contributed by atoms with E-state index in [0.717, 1.165) is 9.87 Å². The van der Waals surface area contributed by atoms with Crippen molar-refractivity contribution in [1.29, 1.82) is 0 Å². The fourth-order valence-electron chi connectivity index (χ4n) is 1.69. The molecule has 21 heavy (non-hydrogen) atoms. The van der Waals surface area contributed by atoms with Gasteiger partial charge in [0, 0.05) is 11.6 Å². The minimum atomic E-state index is -3.64. The third-order valence-electron chi connectivity index (χ3n) is 2.72. The first-order chi connectivity index (χ1) is 10.1. The SMILES string of the molecule is C=CCN(C#Cc1ccccc1)S(=O)(=O)c1ccccc1. The van der Waals surface area contributed by atoms with Crippen LogP contribution in [-0.4, -0.2) is 19.3 Å². The first-order valence-corrected chi connectivity index (χ1v) is 7.84. The number of rotatable bonds is 4. The summed E-state index contributed by atoms with van der Waals surface area (Å²) in [4.78, 5) is 0.217. The molecule has 0 atom stereocenters. The number of hydrogen-bond acceptors (Lipinski definition) is 2. The van der Waals surface area contributed by atoms with E-state index in [1.807, 2.05) is 30.3 Å². The molecule has 0 saturated carbocycles. The molecule has 0 aliphatic heterocycles. The zero-order valence-corrected chi connectivity index (χ0v) is 12.3. The van der Waals surface area contributed by atoms with E-state index in [2.05, 4.69) is 18.5 Å². The Balaban J connectivity index is 2.36. The monoisotopic (exact) mass is 297 g/mol. The van der Waals surface area contributed by atoms with Crippen LogP contribution in [0, 0.1) is 12.0 Å². The Morgan fingerprint density at radius 3 is 2.14 bits per heavy atom. The van der Waals surface area contributed by atoms with Crippen LogP contribution in [-0.2, 0) is 10.0 Å². The summed E-state index contributed by atoms with van der Waals surface area (Å²) in [5.41, 5.74) is 0.759. The maximum Gasteiger partial charge on any atom is 0.271 e. The Kier molecular flexibility index (Phi) is 4.81. The second-order valence-electron chi connectivity index (χ2n) is 4.24. The molecule has 0 unspecified atom stereocenters. The summed E-state index contributed by atoms with van der Waals surface area (Å²) in [7, 11) is -3.64. The molecule has 0 amide bonds. The van der Waals surface area contributed by atoms with E-state index in [-0.39, 0.29) is 11.4 Å². The molecule has 0 aliphatic carbocycles. The molecule has 3 nitrogen and oxygen atoms in total. The quantitative estimate of drug-likeness (QED) is 0.494. The Hall–Kier alpha value is -2.51. The van der Waals surface area contributed by atoms with Gasteiger partial charge in [-0.15, -0.1) is 6.58 Å². The van der Waals surface area contributed by atoms with Crippen LogP contribution in [0.25, 0.3) is 0 Å². The van der Waals surface area contributed by atoms with Gasteiger partial charge in [-0.1, -0.05) is 42.5 Å². The summed E-state index contributed by atoms with van der Waals surface area (Å²) in [6.07, 6.45) is 1.51. The van der Waals surface area contributed by atoms with Crippen molar-refractivity contribution in [2.45, 2.75) is 4.90 Å². The van der Waals surface area contributed by atoms with Gasteiger partial charge in [0.05, 0.1) is 11.4 Å². The molecule has 4 heteroatoms. The van der Waals surface area contributed by atoms with Crippen molar-refractivity contribution in [2.24, 2.45) is 0 Å². The van der Waals surface area contributed by atoms with Crippen molar-refractivity contribution >= 4 is 10.0 Å². The predicted octanol–water partition coefficient (Wildman–Crippen LogP) is 2.87. The summed E-state index contributed by atoms with van der Waals surface area (Å²) >= 11 is 0. The molecule has 2 rings (SSSR count). The van der Waals surface area contributed by atoms with Crippen molar-refractivity contribution < 1.29 is 8.42 Å². The normalized spacial score (nSPS) is 10.3. The summed E-state index contributed by atoms with van der Waals surface area (Å²) in [6.45, 7) is 3.72. The van der Waals surface area contributed by atoms with Gasteiger partial charge in [-0.05, 0) is 30.2 Å². The fraction of sp³-hybridized carbons (Fsp3) is 0.0588. The molecule has 0 aliphatic rings. The van der Waals surface area contributed by atoms with Crippen molar-refractivity contribution in [3.8, 4) is 12.0 Å². The van der Waals surface area contributed by atoms with E-state index >= 15 is 0 Å². The third kappa shape index (κ3) is 3.74. The lowest BCUT2D eigenvalue weighted by Gasteiger charge is -2.15. The third-order valence-corrected chi connectivity index (χ3v) is 4.41. The molecule has 2 aromatic carbocycles. The van der Waals surface area contributed by atoms with Gasteiger partial charge in [0.2, 0.25) is 0 Å². The Bertz CT molecular complexity index is 757. The second kappa shape index (κ2) is 6.78. The summed E-state index contributed by atoms with van der Waals surface area (Å²) in [5.74, 6) is 2.85.